The molecule has 0 fully saturated rings. The van der Waals surface area contributed by atoms with Crippen LogP contribution in [0.5, 0.6) is 5.75 Å². The molecule has 2 atom stereocenters. The third-order valence-corrected chi connectivity index (χ3v) is 4.45. The Morgan fingerprint density at radius 3 is 2.39 bits per heavy atom. The van der Waals surface area contributed by atoms with Gasteiger partial charge in [-0.1, -0.05) is 35.9 Å². The van der Waals surface area contributed by atoms with Crippen LogP contribution >= 0.6 is 11.8 Å². The van der Waals surface area contributed by atoms with Crippen molar-refractivity contribution >= 4 is 17.7 Å². The zero-order valence-electron chi connectivity index (χ0n) is 13.8. The number of amides is 1. The van der Waals surface area contributed by atoms with Crippen LogP contribution in [-0.4, -0.2) is 23.8 Å². The Morgan fingerprint density at radius 2 is 1.74 bits per heavy atom. The molecule has 23 heavy (non-hydrogen) atoms. The fourth-order valence-corrected chi connectivity index (χ4v) is 2.91. The second-order valence-corrected chi connectivity index (χ2v) is 7.02. The van der Waals surface area contributed by atoms with Gasteiger partial charge in [0.15, 0.2) is 0 Å². The summed E-state index contributed by atoms with van der Waals surface area (Å²) < 4.78 is 5.70. The van der Waals surface area contributed by atoms with E-state index in [1.807, 2.05) is 75.4 Å². The van der Waals surface area contributed by atoms with E-state index in [-0.39, 0.29) is 17.2 Å². The van der Waals surface area contributed by atoms with E-state index in [9.17, 15) is 4.79 Å². The van der Waals surface area contributed by atoms with Crippen LogP contribution in [-0.2, 0) is 4.79 Å². The first-order chi connectivity index (χ1) is 11.0. The molecule has 2 aromatic rings. The van der Waals surface area contributed by atoms with Crippen molar-refractivity contribution < 1.29 is 9.53 Å². The molecule has 1 N–H and O–H groups in total. The highest BCUT2D eigenvalue weighted by molar-refractivity contribution is 8.00. The molecule has 3 nitrogen and oxygen atoms in total. The van der Waals surface area contributed by atoms with Gasteiger partial charge in [-0.3, -0.25) is 4.79 Å². The zero-order chi connectivity index (χ0) is 16.7. The van der Waals surface area contributed by atoms with Crippen molar-refractivity contribution in [3.8, 4) is 5.75 Å². The van der Waals surface area contributed by atoms with Gasteiger partial charge in [0.1, 0.15) is 12.4 Å². The van der Waals surface area contributed by atoms with Gasteiger partial charge in [-0.25, -0.2) is 0 Å². The molecule has 0 aromatic heterocycles. The van der Waals surface area contributed by atoms with E-state index < -0.39 is 0 Å². The van der Waals surface area contributed by atoms with Crippen LogP contribution in [0.3, 0.4) is 0 Å². The van der Waals surface area contributed by atoms with Gasteiger partial charge in [0.25, 0.3) is 0 Å². The summed E-state index contributed by atoms with van der Waals surface area (Å²) in [5, 5.41) is 2.86. The summed E-state index contributed by atoms with van der Waals surface area (Å²) in [5.41, 5.74) is 1.20. The van der Waals surface area contributed by atoms with Gasteiger partial charge >= 0.3 is 0 Å². The Kier molecular flexibility index (Phi) is 6.53. The van der Waals surface area contributed by atoms with Crippen LogP contribution in [0.4, 0.5) is 0 Å². The molecular weight excluding hydrogens is 306 g/mol. The van der Waals surface area contributed by atoms with E-state index in [2.05, 4.69) is 5.32 Å². The zero-order valence-corrected chi connectivity index (χ0v) is 14.6. The van der Waals surface area contributed by atoms with Crippen molar-refractivity contribution in [2.24, 2.45) is 0 Å². The summed E-state index contributed by atoms with van der Waals surface area (Å²) in [5.74, 6) is 0.849. The summed E-state index contributed by atoms with van der Waals surface area (Å²) in [7, 11) is 0. The molecule has 0 aliphatic carbocycles. The normalized spacial score (nSPS) is 13.2. The fraction of sp³-hybridized carbons (Fsp3) is 0.316. The first kappa shape index (κ1) is 17.4. The molecule has 2 aromatic carbocycles. The highest BCUT2D eigenvalue weighted by Gasteiger charge is 2.16. The van der Waals surface area contributed by atoms with Crippen LogP contribution in [0.1, 0.15) is 19.4 Å². The van der Waals surface area contributed by atoms with Crippen molar-refractivity contribution in [3.05, 3.63) is 60.2 Å². The van der Waals surface area contributed by atoms with Crippen LogP contribution in [0.25, 0.3) is 0 Å². The van der Waals surface area contributed by atoms with E-state index in [0.29, 0.717) is 6.61 Å². The molecule has 0 aliphatic heterocycles. The maximum Gasteiger partial charge on any atom is 0.233 e. The van der Waals surface area contributed by atoms with Crippen molar-refractivity contribution in [2.45, 2.75) is 37.0 Å². The van der Waals surface area contributed by atoms with E-state index in [1.54, 1.807) is 11.8 Å². The number of thioether (sulfide) groups is 1. The van der Waals surface area contributed by atoms with Gasteiger partial charge in [0.05, 0.1) is 11.3 Å². The number of rotatable bonds is 7. The van der Waals surface area contributed by atoms with E-state index >= 15 is 0 Å². The number of hydrogen-bond donors (Lipinski definition) is 1. The van der Waals surface area contributed by atoms with Crippen LogP contribution in [0.2, 0.25) is 0 Å². The van der Waals surface area contributed by atoms with Gasteiger partial charge < -0.3 is 10.1 Å². The standard InChI is InChI=1S/C19H23NO2S/c1-14-9-11-17(12-10-14)22-13-15(2)20-19(21)16(3)23-18-7-5-4-6-8-18/h4-12,15-16H,13H2,1-3H3,(H,20,21). The Morgan fingerprint density at radius 1 is 1.09 bits per heavy atom. The Hall–Kier alpha value is -1.94. The molecule has 0 aliphatic rings. The summed E-state index contributed by atoms with van der Waals surface area (Å²) in [6.07, 6.45) is 0. The summed E-state index contributed by atoms with van der Waals surface area (Å²) in [6.45, 7) is 6.36. The van der Waals surface area contributed by atoms with Crippen molar-refractivity contribution in [1.29, 1.82) is 0 Å². The molecule has 122 valence electrons. The van der Waals surface area contributed by atoms with Crippen LogP contribution in [0, 0.1) is 6.92 Å². The molecule has 0 saturated carbocycles. The monoisotopic (exact) mass is 329 g/mol. The first-order valence-corrected chi connectivity index (χ1v) is 8.64. The molecule has 0 bridgehead atoms. The highest BCUT2D eigenvalue weighted by atomic mass is 32.2. The smallest absolute Gasteiger partial charge is 0.233 e. The molecule has 0 radical (unpaired) electrons. The number of nitrogens with one attached hydrogen (secondary N) is 1. The second-order valence-electron chi connectivity index (χ2n) is 5.61. The summed E-state index contributed by atoms with van der Waals surface area (Å²) >= 11 is 1.56. The predicted molar refractivity (Wildman–Crippen MR) is 96.0 cm³/mol. The molecule has 2 rings (SSSR count). The molecule has 0 saturated heterocycles. The Bertz CT molecular complexity index is 613. The van der Waals surface area contributed by atoms with Crippen LogP contribution in [0.15, 0.2) is 59.5 Å². The second kappa shape index (κ2) is 8.63. The van der Waals surface area contributed by atoms with Gasteiger partial charge in [-0.15, -0.1) is 11.8 Å². The van der Waals surface area contributed by atoms with Gasteiger partial charge in [0.2, 0.25) is 5.91 Å². The third-order valence-electron chi connectivity index (χ3n) is 3.33. The van der Waals surface area contributed by atoms with Crippen molar-refractivity contribution in [3.63, 3.8) is 0 Å². The molecule has 1 amide bonds. The largest absolute Gasteiger partial charge is 0.491 e. The molecule has 4 heteroatoms. The number of ether oxygens (including phenoxy) is 1. The Labute approximate surface area is 142 Å². The van der Waals surface area contributed by atoms with Gasteiger partial charge in [-0.05, 0) is 45.0 Å². The number of carbonyl (C=O) groups is 1. The minimum Gasteiger partial charge on any atom is -0.491 e. The average molecular weight is 329 g/mol. The topological polar surface area (TPSA) is 38.3 Å². The quantitative estimate of drug-likeness (QED) is 0.779. The minimum absolute atomic E-state index is 0.0267. The van der Waals surface area contributed by atoms with E-state index in [0.717, 1.165) is 10.6 Å². The van der Waals surface area contributed by atoms with Crippen LogP contribution < -0.4 is 10.1 Å². The van der Waals surface area contributed by atoms with E-state index in [1.165, 1.54) is 5.56 Å². The SMILES string of the molecule is Cc1ccc(OCC(C)NC(=O)C(C)Sc2ccccc2)cc1. The first-order valence-electron chi connectivity index (χ1n) is 7.76. The summed E-state index contributed by atoms with van der Waals surface area (Å²) in [6, 6.07) is 17.8. The minimum atomic E-state index is -0.140. The van der Waals surface area contributed by atoms with Crippen molar-refractivity contribution in [1.82, 2.24) is 5.32 Å². The molecular formula is C19H23NO2S. The number of benzene rings is 2. The fourth-order valence-electron chi connectivity index (χ4n) is 2.01. The maximum absolute atomic E-state index is 12.2. The van der Waals surface area contributed by atoms with Gasteiger partial charge in [0, 0.05) is 4.90 Å². The average Bonchev–Trinajstić information content (AvgIpc) is 2.55. The predicted octanol–water partition coefficient (Wildman–Crippen LogP) is 4.06. The lowest BCUT2D eigenvalue weighted by Gasteiger charge is -2.18. The highest BCUT2D eigenvalue weighted by Crippen LogP contribution is 2.22. The van der Waals surface area contributed by atoms with E-state index in [4.69, 9.17) is 4.74 Å². The lowest BCUT2D eigenvalue weighted by atomic mass is 10.2. The number of hydrogen-bond acceptors (Lipinski definition) is 3. The molecule has 2 unspecified atom stereocenters. The molecule has 0 spiro atoms. The summed E-state index contributed by atoms with van der Waals surface area (Å²) in [4.78, 5) is 13.3. The molecule has 0 heterocycles. The maximum atomic E-state index is 12.2. The van der Waals surface area contributed by atoms with Gasteiger partial charge in [-0.2, -0.15) is 0 Å². The number of aryl methyl sites for hydroxylation is 1. The number of carbonyl (C=O) groups excluding carboxylic acids is 1. The lowest BCUT2D eigenvalue weighted by molar-refractivity contribution is -0.121. The Balaban J connectivity index is 1.76. The lowest BCUT2D eigenvalue weighted by Crippen LogP contribution is -2.40. The third kappa shape index (κ3) is 5.99. The van der Waals surface area contributed by atoms with Crippen molar-refractivity contribution in [2.75, 3.05) is 6.61 Å².